The lowest BCUT2D eigenvalue weighted by Crippen LogP contribution is -2.18. The average molecular weight is 289 g/mol. The van der Waals surface area contributed by atoms with Crippen molar-refractivity contribution in [1.29, 1.82) is 0 Å². The van der Waals surface area contributed by atoms with Gasteiger partial charge in [-0.25, -0.2) is 4.39 Å². The van der Waals surface area contributed by atoms with E-state index in [0.29, 0.717) is 0 Å². The molecule has 3 heteroatoms. The molecule has 0 aliphatic carbocycles. The summed E-state index contributed by atoms with van der Waals surface area (Å²) in [5.74, 6) is 0.877. The molecular formula is C17H20FNS. The number of hydrogen-bond donors (Lipinski definition) is 1. The van der Waals surface area contributed by atoms with Crippen LogP contribution in [0.1, 0.15) is 29.7 Å². The van der Waals surface area contributed by atoms with Crippen LogP contribution in [0.4, 0.5) is 4.39 Å². The van der Waals surface area contributed by atoms with Crippen molar-refractivity contribution < 1.29 is 4.39 Å². The van der Waals surface area contributed by atoms with Gasteiger partial charge in [0.05, 0.1) is 6.04 Å². The van der Waals surface area contributed by atoms with Gasteiger partial charge in [-0.05, 0) is 60.7 Å². The number of thioether (sulfide) groups is 1. The smallest absolute Gasteiger partial charge is 0.123 e. The van der Waals surface area contributed by atoms with Crippen molar-refractivity contribution in [3.63, 3.8) is 0 Å². The number of aryl methyl sites for hydroxylation is 1. The minimum absolute atomic E-state index is 0.0198. The predicted molar refractivity (Wildman–Crippen MR) is 84.9 cm³/mol. The first-order valence-corrected chi connectivity index (χ1v) is 7.80. The zero-order chi connectivity index (χ0) is 14.5. The maximum absolute atomic E-state index is 13.5. The summed E-state index contributed by atoms with van der Waals surface area (Å²) in [6.07, 6.45) is 0. The summed E-state index contributed by atoms with van der Waals surface area (Å²) in [7, 11) is 1.91. The normalized spacial score (nSPS) is 12.4. The van der Waals surface area contributed by atoms with E-state index in [4.69, 9.17) is 0 Å². The number of benzene rings is 2. The van der Waals surface area contributed by atoms with E-state index in [2.05, 4.69) is 36.5 Å². The van der Waals surface area contributed by atoms with Gasteiger partial charge in [0, 0.05) is 4.90 Å². The highest BCUT2D eigenvalue weighted by Gasteiger charge is 2.14. The third-order valence-electron chi connectivity index (χ3n) is 3.37. The summed E-state index contributed by atoms with van der Waals surface area (Å²) in [4.78, 5) is 1.27. The van der Waals surface area contributed by atoms with Crippen LogP contribution in [0.3, 0.4) is 0 Å². The zero-order valence-corrected chi connectivity index (χ0v) is 12.9. The highest BCUT2D eigenvalue weighted by molar-refractivity contribution is 7.99. The van der Waals surface area contributed by atoms with E-state index in [1.54, 1.807) is 6.07 Å². The van der Waals surface area contributed by atoms with Crippen molar-refractivity contribution >= 4 is 11.8 Å². The third-order valence-corrected chi connectivity index (χ3v) is 4.26. The Bertz CT molecular complexity index is 566. The first kappa shape index (κ1) is 15.1. The standard InChI is InChI=1S/C17H20FNS/c1-4-20-15-9-6-13(7-10-15)17(19-3)16-11-14(18)8-5-12(16)2/h5-11,17,19H,4H2,1-3H3. The van der Waals surface area contributed by atoms with Crippen molar-refractivity contribution in [2.24, 2.45) is 0 Å². The Labute approximate surface area is 124 Å². The van der Waals surface area contributed by atoms with Crippen LogP contribution in [0.15, 0.2) is 47.4 Å². The van der Waals surface area contributed by atoms with Crippen LogP contribution >= 0.6 is 11.8 Å². The van der Waals surface area contributed by atoms with Crippen molar-refractivity contribution in [1.82, 2.24) is 5.32 Å². The Kier molecular flexibility index (Phi) is 5.21. The summed E-state index contributed by atoms with van der Waals surface area (Å²) in [6, 6.07) is 13.5. The van der Waals surface area contributed by atoms with Gasteiger partial charge in [0.2, 0.25) is 0 Å². The minimum atomic E-state index is -0.191. The molecule has 1 unspecified atom stereocenters. The van der Waals surface area contributed by atoms with Crippen LogP contribution in [-0.2, 0) is 0 Å². The van der Waals surface area contributed by atoms with E-state index in [1.165, 1.54) is 11.0 Å². The van der Waals surface area contributed by atoms with Crippen molar-refractivity contribution in [3.05, 3.63) is 65.0 Å². The van der Waals surface area contributed by atoms with Crippen LogP contribution < -0.4 is 5.32 Å². The number of rotatable bonds is 5. The molecule has 0 amide bonds. The zero-order valence-electron chi connectivity index (χ0n) is 12.1. The molecule has 2 rings (SSSR count). The summed E-state index contributed by atoms with van der Waals surface area (Å²) in [5, 5.41) is 3.28. The van der Waals surface area contributed by atoms with Gasteiger partial charge < -0.3 is 5.32 Å². The second-order valence-corrected chi connectivity index (χ2v) is 6.06. The number of hydrogen-bond acceptors (Lipinski definition) is 2. The minimum Gasteiger partial charge on any atom is -0.309 e. The molecule has 1 nitrogen and oxygen atoms in total. The highest BCUT2D eigenvalue weighted by Crippen LogP contribution is 2.27. The van der Waals surface area contributed by atoms with Gasteiger partial charge in [0.25, 0.3) is 0 Å². The van der Waals surface area contributed by atoms with E-state index in [1.807, 2.05) is 31.8 Å². The molecule has 0 saturated heterocycles. The van der Waals surface area contributed by atoms with Crippen molar-refractivity contribution in [2.45, 2.75) is 24.8 Å². The Hall–Kier alpha value is -1.32. The molecule has 0 aromatic heterocycles. The fourth-order valence-electron chi connectivity index (χ4n) is 2.35. The topological polar surface area (TPSA) is 12.0 Å². The maximum Gasteiger partial charge on any atom is 0.123 e. The Balaban J connectivity index is 2.34. The molecule has 1 atom stereocenters. The van der Waals surface area contributed by atoms with Gasteiger partial charge in [0.1, 0.15) is 5.82 Å². The van der Waals surface area contributed by atoms with Gasteiger partial charge >= 0.3 is 0 Å². The molecule has 0 bridgehead atoms. The number of nitrogens with one attached hydrogen (secondary N) is 1. The van der Waals surface area contributed by atoms with E-state index < -0.39 is 0 Å². The highest BCUT2D eigenvalue weighted by atomic mass is 32.2. The second-order valence-electron chi connectivity index (χ2n) is 4.72. The molecule has 0 aliphatic rings. The molecule has 2 aromatic carbocycles. The first-order chi connectivity index (χ1) is 9.65. The molecule has 0 radical (unpaired) electrons. The van der Waals surface area contributed by atoms with Crippen molar-refractivity contribution in [3.8, 4) is 0 Å². The fraction of sp³-hybridized carbons (Fsp3) is 0.294. The maximum atomic E-state index is 13.5. The lowest BCUT2D eigenvalue weighted by atomic mass is 9.95. The molecule has 0 saturated carbocycles. The number of halogens is 1. The molecule has 0 spiro atoms. The van der Waals surface area contributed by atoms with Crippen LogP contribution in [0.5, 0.6) is 0 Å². The fourth-order valence-corrected chi connectivity index (χ4v) is 3.01. The van der Waals surface area contributed by atoms with Crippen LogP contribution in [-0.4, -0.2) is 12.8 Å². The summed E-state index contributed by atoms with van der Waals surface area (Å²) < 4.78 is 13.5. The predicted octanol–water partition coefficient (Wildman–Crippen LogP) is 4.55. The molecule has 106 valence electrons. The first-order valence-electron chi connectivity index (χ1n) is 6.81. The second kappa shape index (κ2) is 6.91. The van der Waals surface area contributed by atoms with Gasteiger partial charge in [-0.2, -0.15) is 0 Å². The average Bonchev–Trinajstić information content (AvgIpc) is 2.45. The largest absolute Gasteiger partial charge is 0.309 e. The lowest BCUT2D eigenvalue weighted by Gasteiger charge is -2.20. The van der Waals surface area contributed by atoms with Gasteiger partial charge in [-0.1, -0.05) is 25.1 Å². The van der Waals surface area contributed by atoms with E-state index >= 15 is 0 Å². The summed E-state index contributed by atoms with van der Waals surface area (Å²) in [6.45, 7) is 4.16. The van der Waals surface area contributed by atoms with Crippen LogP contribution in [0.2, 0.25) is 0 Å². The van der Waals surface area contributed by atoms with E-state index in [0.717, 1.165) is 22.4 Å². The molecule has 2 aromatic rings. The lowest BCUT2D eigenvalue weighted by molar-refractivity contribution is 0.615. The van der Waals surface area contributed by atoms with Crippen molar-refractivity contribution in [2.75, 3.05) is 12.8 Å². The van der Waals surface area contributed by atoms with Gasteiger partial charge in [0.15, 0.2) is 0 Å². The third kappa shape index (κ3) is 3.41. The molecule has 1 N–H and O–H groups in total. The van der Waals surface area contributed by atoms with Gasteiger partial charge in [-0.15, -0.1) is 11.8 Å². The quantitative estimate of drug-likeness (QED) is 0.810. The molecule has 0 aliphatic heterocycles. The SMILES string of the molecule is CCSc1ccc(C(NC)c2cc(F)ccc2C)cc1. The molecule has 20 heavy (non-hydrogen) atoms. The summed E-state index contributed by atoms with van der Waals surface area (Å²) >= 11 is 1.82. The summed E-state index contributed by atoms with van der Waals surface area (Å²) in [5.41, 5.74) is 3.24. The Morgan fingerprint density at radius 1 is 1.15 bits per heavy atom. The van der Waals surface area contributed by atoms with E-state index in [-0.39, 0.29) is 11.9 Å². The Morgan fingerprint density at radius 3 is 2.45 bits per heavy atom. The monoisotopic (exact) mass is 289 g/mol. The molecule has 0 fully saturated rings. The molecule has 0 heterocycles. The Morgan fingerprint density at radius 2 is 1.85 bits per heavy atom. The van der Waals surface area contributed by atoms with Gasteiger partial charge in [-0.3, -0.25) is 0 Å². The van der Waals surface area contributed by atoms with Crippen LogP contribution in [0.25, 0.3) is 0 Å². The van der Waals surface area contributed by atoms with Crippen LogP contribution in [0, 0.1) is 12.7 Å². The molecular weight excluding hydrogens is 269 g/mol. The van der Waals surface area contributed by atoms with E-state index in [9.17, 15) is 4.39 Å².